The number of carbonyl (C=O) groups is 1. The number of amides is 1. The Kier molecular flexibility index (Phi) is 5.24. The molecule has 4 nitrogen and oxygen atoms in total. The van der Waals surface area contributed by atoms with Gasteiger partial charge in [0.15, 0.2) is 6.61 Å². The van der Waals surface area contributed by atoms with E-state index in [1.807, 2.05) is 60.7 Å². The second-order valence-corrected chi connectivity index (χ2v) is 6.88. The molecule has 0 spiro atoms. The van der Waals surface area contributed by atoms with Crippen LogP contribution in [0, 0.1) is 0 Å². The van der Waals surface area contributed by atoms with Gasteiger partial charge in [0.25, 0.3) is 5.91 Å². The second kappa shape index (κ2) is 8.12. The van der Waals surface area contributed by atoms with Crippen molar-refractivity contribution in [2.45, 2.75) is 19.3 Å². The maximum Gasteiger partial charge on any atom is 0.262 e. The standard InChI is InChI=1S/C23H24N2O2/c26-23(17-27-22-14-8-10-18-9-2-3-11-19(18)22)24-20-12-4-5-13-21(20)25-15-6-1-7-16-25/h2-5,8-14H,1,6-7,15-17H2,(H,24,26). The number of nitrogens with one attached hydrogen (secondary N) is 1. The fourth-order valence-corrected chi connectivity index (χ4v) is 3.64. The van der Waals surface area contributed by atoms with Crippen LogP contribution >= 0.6 is 0 Å². The molecule has 0 bridgehead atoms. The van der Waals surface area contributed by atoms with Crippen LogP contribution in [-0.4, -0.2) is 25.6 Å². The molecule has 138 valence electrons. The molecule has 0 atom stereocenters. The Balaban J connectivity index is 1.44. The van der Waals surface area contributed by atoms with Gasteiger partial charge in [-0.2, -0.15) is 0 Å². The van der Waals surface area contributed by atoms with E-state index >= 15 is 0 Å². The SMILES string of the molecule is O=C(COc1cccc2ccccc12)Nc1ccccc1N1CCCCC1. The minimum absolute atomic E-state index is 0.0116. The molecule has 1 aliphatic heterocycles. The Morgan fingerprint density at radius 1 is 0.889 bits per heavy atom. The number of nitrogens with zero attached hydrogens (tertiary/aromatic N) is 1. The molecule has 1 saturated heterocycles. The number of rotatable bonds is 5. The van der Waals surface area contributed by atoms with Crippen molar-refractivity contribution in [3.8, 4) is 5.75 Å². The zero-order valence-corrected chi connectivity index (χ0v) is 15.4. The van der Waals surface area contributed by atoms with Crippen molar-refractivity contribution in [3.63, 3.8) is 0 Å². The molecule has 1 N–H and O–H groups in total. The van der Waals surface area contributed by atoms with Crippen LogP contribution in [0.3, 0.4) is 0 Å². The van der Waals surface area contributed by atoms with Crippen LogP contribution in [0.2, 0.25) is 0 Å². The Morgan fingerprint density at radius 2 is 1.63 bits per heavy atom. The van der Waals surface area contributed by atoms with E-state index in [0.29, 0.717) is 0 Å². The molecule has 3 aromatic rings. The first-order valence-corrected chi connectivity index (χ1v) is 9.56. The lowest BCUT2D eigenvalue weighted by Gasteiger charge is -2.30. The van der Waals surface area contributed by atoms with Crippen LogP contribution in [0.1, 0.15) is 19.3 Å². The Labute approximate surface area is 159 Å². The van der Waals surface area contributed by atoms with E-state index < -0.39 is 0 Å². The first-order chi connectivity index (χ1) is 13.3. The molecule has 1 heterocycles. The third kappa shape index (κ3) is 4.05. The van der Waals surface area contributed by atoms with Gasteiger partial charge in [-0.3, -0.25) is 4.79 Å². The normalized spacial score (nSPS) is 14.1. The van der Waals surface area contributed by atoms with Gasteiger partial charge in [0.2, 0.25) is 0 Å². The number of anilines is 2. The highest BCUT2D eigenvalue weighted by molar-refractivity contribution is 5.96. The maximum atomic E-state index is 12.5. The average Bonchev–Trinajstić information content (AvgIpc) is 2.73. The number of ether oxygens (including phenoxy) is 1. The predicted octanol–water partition coefficient (Wildman–Crippen LogP) is 4.85. The molecule has 0 radical (unpaired) electrons. The molecule has 0 saturated carbocycles. The van der Waals surface area contributed by atoms with Crippen LogP contribution in [-0.2, 0) is 4.79 Å². The third-order valence-electron chi connectivity index (χ3n) is 4.98. The highest BCUT2D eigenvalue weighted by Gasteiger charge is 2.15. The molecule has 1 fully saturated rings. The summed E-state index contributed by atoms with van der Waals surface area (Å²) in [6.45, 7) is 2.07. The Bertz CT molecular complexity index is 927. The smallest absolute Gasteiger partial charge is 0.262 e. The molecule has 1 amide bonds. The topological polar surface area (TPSA) is 41.6 Å². The van der Waals surface area contributed by atoms with Crippen LogP contribution < -0.4 is 15.0 Å². The molecule has 1 aliphatic rings. The lowest BCUT2D eigenvalue weighted by Crippen LogP contribution is -2.30. The van der Waals surface area contributed by atoms with E-state index in [0.717, 1.165) is 41.0 Å². The van der Waals surface area contributed by atoms with Gasteiger partial charge in [0, 0.05) is 18.5 Å². The van der Waals surface area contributed by atoms with Crippen molar-refractivity contribution in [3.05, 3.63) is 66.7 Å². The lowest BCUT2D eigenvalue weighted by atomic mass is 10.1. The number of carbonyl (C=O) groups excluding carboxylic acids is 1. The molecule has 0 aromatic heterocycles. The van der Waals surface area contributed by atoms with Gasteiger partial charge in [-0.1, -0.05) is 48.5 Å². The summed E-state index contributed by atoms with van der Waals surface area (Å²) in [4.78, 5) is 14.9. The van der Waals surface area contributed by atoms with Crippen molar-refractivity contribution in [2.24, 2.45) is 0 Å². The molecule has 27 heavy (non-hydrogen) atoms. The number of fused-ring (bicyclic) bond motifs is 1. The fourth-order valence-electron chi connectivity index (χ4n) is 3.64. The summed E-state index contributed by atoms with van der Waals surface area (Å²) in [5, 5.41) is 5.14. The van der Waals surface area contributed by atoms with Crippen LogP contribution in [0.4, 0.5) is 11.4 Å². The highest BCUT2D eigenvalue weighted by Crippen LogP contribution is 2.28. The quantitative estimate of drug-likeness (QED) is 0.707. The van der Waals surface area contributed by atoms with Crippen molar-refractivity contribution < 1.29 is 9.53 Å². The maximum absolute atomic E-state index is 12.5. The monoisotopic (exact) mass is 360 g/mol. The lowest BCUT2D eigenvalue weighted by molar-refractivity contribution is -0.118. The van der Waals surface area contributed by atoms with E-state index in [1.165, 1.54) is 19.3 Å². The van der Waals surface area contributed by atoms with E-state index in [-0.39, 0.29) is 12.5 Å². The van der Waals surface area contributed by atoms with Crippen LogP contribution in [0.15, 0.2) is 66.7 Å². The summed E-state index contributed by atoms with van der Waals surface area (Å²) in [7, 11) is 0. The minimum atomic E-state index is -0.146. The number of para-hydroxylation sites is 2. The van der Waals surface area contributed by atoms with Crippen molar-refractivity contribution in [1.82, 2.24) is 0 Å². The number of benzene rings is 3. The van der Waals surface area contributed by atoms with E-state index in [2.05, 4.69) is 16.3 Å². The third-order valence-corrected chi connectivity index (χ3v) is 4.98. The molecule has 0 aliphatic carbocycles. The van der Waals surface area contributed by atoms with Gasteiger partial charge in [0.05, 0.1) is 11.4 Å². The van der Waals surface area contributed by atoms with Crippen molar-refractivity contribution in [2.75, 3.05) is 29.9 Å². The summed E-state index contributed by atoms with van der Waals surface area (Å²) < 4.78 is 5.81. The van der Waals surface area contributed by atoms with Gasteiger partial charge in [-0.25, -0.2) is 0 Å². The Morgan fingerprint density at radius 3 is 2.52 bits per heavy atom. The summed E-state index contributed by atoms with van der Waals surface area (Å²) in [6.07, 6.45) is 3.68. The summed E-state index contributed by atoms with van der Waals surface area (Å²) >= 11 is 0. The van der Waals surface area contributed by atoms with E-state index in [4.69, 9.17) is 4.74 Å². The van der Waals surface area contributed by atoms with Gasteiger partial charge < -0.3 is 15.0 Å². The highest BCUT2D eigenvalue weighted by atomic mass is 16.5. The van der Waals surface area contributed by atoms with E-state index in [1.54, 1.807) is 0 Å². The zero-order valence-electron chi connectivity index (χ0n) is 15.4. The van der Waals surface area contributed by atoms with Crippen molar-refractivity contribution in [1.29, 1.82) is 0 Å². The number of piperidine rings is 1. The summed E-state index contributed by atoms with van der Waals surface area (Å²) in [5.74, 6) is 0.583. The molecule has 0 unspecified atom stereocenters. The van der Waals surface area contributed by atoms with Crippen LogP contribution in [0.5, 0.6) is 5.75 Å². The van der Waals surface area contributed by atoms with Gasteiger partial charge in [0.1, 0.15) is 5.75 Å². The van der Waals surface area contributed by atoms with Gasteiger partial charge >= 0.3 is 0 Å². The Hall–Kier alpha value is -3.01. The second-order valence-electron chi connectivity index (χ2n) is 6.88. The van der Waals surface area contributed by atoms with E-state index in [9.17, 15) is 4.79 Å². The summed E-state index contributed by atoms with van der Waals surface area (Å²) in [6, 6.07) is 21.9. The van der Waals surface area contributed by atoms with Gasteiger partial charge in [-0.05, 0) is 42.8 Å². The average molecular weight is 360 g/mol. The van der Waals surface area contributed by atoms with Gasteiger partial charge in [-0.15, -0.1) is 0 Å². The van der Waals surface area contributed by atoms with Crippen LogP contribution in [0.25, 0.3) is 10.8 Å². The molecule has 4 heteroatoms. The minimum Gasteiger partial charge on any atom is -0.483 e. The zero-order chi connectivity index (χ0) is 18.5. The van der Waals surface area contributed by atoms with Crippen molar-refractivity contribution >= 4 is 28.1 Å². The number of hydrogen-bond donors (Lipinski definition) is 1. The number of hydrogen-bond acceptors (Lipinski definition) is 3. The first kappa shape index (κ1) is 17.4. The first-order valence-electron chi connectivity index (χ1n) is 9.56. The predicted molar refractivity (Wildman–Crippen MR) is 111 cm³/mol. The molecular weight excluding hydrogens is 336 g/mol. The summed E-state index contributed by atoms with van der Waals surface area (Å²) in [5.41, 5.74) is 1.95. The molecular formula is C23H24N2O2. The molecule has 3 aromatic carbocycles. The molecule has 4 rings (SSSR count). The largest absolute Gasteiger partial charge is 0.483 e. The fraction of sp³-hybridized carbons (Fsp3) is 0.261.